The van der Waals surface area contributed by atoms with Gasteiger partial charge >= 0.3 is 5.97 Å². The number of hydrogen-bond donors (Lipinski definition) is 1. The minimum Gasteiger partial charge on any atom is -0.493 e. The zero-order valence-corrected chi connectivity index (χ0v) is 11.0. The number of hydrogen-bond acceptors (Lipinski definition) is 3. The number of ether oxygens (including phenoxy) is 2. The largest absolute Gasteiger partial charge is 0.493 e. The predicted octanol–water partition coefficient (Wildman–Crippen LogP) is 2.00. The average Bonchev–Trinajstić information content (AvgIpc) is 2.73. The third-order valence-electron chi connectivity index (χ3n) is 4.41. The maximum absolute atomic E-state index is 11.0. The molecule has 0 aliphatic carbocycles. The molecule has 1 saturated heterocycles. The summed E-state index contributed by atoms with van der Waals surface area (Å²) in [6.07, 6.45) is 1.12. The molecule has 0 amide bonds. The van der Waals surface area contributed by atoms with Crippen molar-refractivity contribution in [2.75, 3.05) is 19.8 Å². The van der Waals surface area contributed by atoms with E-state index in [1.807, 2.05) is 13.0 Å². The molecule has 1 N–H and O–H groups in total. The number of carbonyl (C=O) groups is 1. The van der Waals surface area contributed by atoms with Gasteiger partial charge in [-0.3, -0.25) is 4.79 Å². The highest BCUT2D eigenvalue weighted by molar-refractivity contribution is 5.67. The molecule has 4 nitrogen and oxygen atoms in total. The Hall–Kier alpha value is -1.55. The Morgan fingerprint density at radius 1 is 1.47 bits per heavy atom. The fourth-order valence-corrected chi connectivity index (χ4v) is 3.01. The van der Waals surface area contributed by atoms with Crippen LogP contribution in [0.25, 0.3) is 0 Å². The second-order valence-electron chi connectivity index (χ2n) is 5.57. The van der Waals surface area contributed by atoms with Crippen LogP contribution in [0.2, 0.25) is 0 Å². The molecule has 0 spiro atoms. The highest BCUT2D eigenvalue weighted by Gasteiger charge is 2.46. The minimum absolute atomic E-state index is 0.0686. The van der Waals surface area contributed by atoms with Crippen LogP contribution >= 0.6 is 0 Å². The Morgan fingerprint density at radius 3 is 2.89 bits per heavy atom. The van der Waals surface area contributed by atoms with Crippen molar-refractivity contribution >= 4 is 5.97 Å². The van der Waals surface area contributed by atoms with Gasteiger partial charge in [0.25, 0.3) is 0 Å². The van der Waals surface area contributed by atoms with Crippen LogP contribution in [0.1, 0.15) is 24.5 Å². The first-order valence-corrected chi connectivity index (χ1v) is 6.67. The standard InChI is InChI=1S/C15H18O4/c1-10(6-14(16)17)15(8-18-9-15)12-2-3-13-11(7-12)4-5-19-13/h2-3,7,10H,4-6,8-9H2,1H3,(H,16,17). The van der Waals surface area contributed by atoms with Crippen LogP contribution in [0.5, 0.6) is 5.75 Å². The van der Waals surface area contributed by atoms with E-state index in [1.165, 1.54) is 11.1 Å². The molecule has 1 fully saturated rings. The van der Waals surface area contributed by atoms with E-state index in [0.29, 0.717) is 13.2 Å². The van der Waals surface area contributed by atoms with Gasteiger partial charge in [-0.2, -0.15) is 0 Å². The lowest BCUT2D eigenvalue weighted by atomic mass is 9.68. The number of fused-ring (bicyclic) bond motifs is 1. The zero-order valence-electron chi connectivity index (χ0n) is 11.0. The molecule has 2 aliphatic rings. The van der Waals surface area contributed by atoms with Crippen molar-refractivity contribution in [3.63, 3.8) is 0 Å². The number of carboxylic acid groups (broad SMARTS) is 1. The summed E-state index contributed by atoms with van der Waals surface area (Å²) in [6.45, 7) is 3.97. The summed E-state index contributed by atoms with van der Waals surface area (Å²) in [6, 6.07) is 6.24. The second kappa shape index (κ2) is 4.53. The summed E-state index contributed by atoms with van der Waals surface area (Å²) >= 11 is 0. The predicted molar refractivity (Wildman–Crippen MR) is 69.6 cm³/mol. The Balaban J connectivity index is 1.91. The zero-order chi connectivity index (χ0) is 13.5. The normalized spacial score (nSPS) is 21.1. The number of carboxylic acids is 1. The quantitative estimate of drug-likeness (QED) is 0.901. The van der Waals surface area contributed by atoms with E-state index in [-0.39, 0.29) is 17.8 Å². The number of rotatable bonds is 4. The van der Waals surface area contributed by atoms with Crippen molar-refractivity contribution in [2.24, 2.45) is 5.92 Å². The van der Waals surface area contributed by atoms with Crippen LogP contribution in [-0.2, 0) is 21.4 Å². The monoisotopic (exact) mass is 262 g/mol. The van der Waals surface area contributed by atoms with Crippen LogP contribution in [-0.4, -0.2) is 30.9 Å². The van der Waals surface area contributed by atoms with E-state index in [2.05, 4.69) is 12.1 Å². The third-order valence-corrected chi connectivity index (χ3v) is 4.41. The van der Waals surface area contributed by atoms with Gasteiger partial charge in [0.1, 0.15) is 5.75 Å². The average molecular weight is 262 g/mol. The lowest BCUT2D eigenvalue weighted by Crippen LogP contribution is -2.52. The molecule has 1 atom stereocenters. The smallest absolute Gasteiger partial charge is 0.303 e. The van der Waals surface area contributed by atoms with Crippen LogP contribution < -0.4 is 4.74 Å². The molecule has 0 radical (unpaired) electrons. The van der Waals surface area contributed by atoms with Crippen molar-refractivity contribution in [1.29, 1.82) is 0 Å². The SMILES string of the molecule is CC(CC(=O)O)C1(c2ccc3c(c2)CCO3)COC1. The van der Waals surface area contributed by atoms with E-state index >= 15 is 0 Å². The highest BCUT2D eigenvalue weighted by Crippen LogP contribution is 2.42. The highest BCUT2D eigenvalue weighted by atomic mass is 16.5. The Kier molecular flexibility index (Phi) is 2.97. The molecule has 0 saturated carbocycles. The summed E-state index contributed by atoms with van der Waals surface area (Å²) < 4.78 is 10.9. The first-order valence-electron chi connectivity index (χ1n) is 6.67. The Labute approximate surface area is 112 Å². The summed E-state index contributed by atoms with van der Waals surface area (Å²) in [5.41, 5.74) is 2.28. The van der Waals surface area contributed by atoms with Gasteiger partial charge in [0.15, 0.2) is 0 Å². The molecule has 4 heteroatoms. The molecular formula is C15H18O4. The van der Waals surface area contributed by atoms with Crippen molar-refractivity contribution in [1.82, 2.24) is 0 Å². The Bertz CT molecular complexity index is 505. The van der Waals surface area contributed by atoms with Crippen molar-refractivity contribution in [3.05, 3.63) is 29.3 Å². The van der Waals surface area contributed by atoms with Gasteiger partial charge in [0.05, 0.1) is 19.8 Å². The third kappa shape index (κ3) is 2.00. The molecule has 102 valence electrons. The van der Waals surface area contributed by atoms with E-state index < -0.39 is 5.97 Å². The Morgan fingerprint density at radius 2 is 2.26 bits per heavy atom. The molecule has 2 heterocycles. The maximum atomic E-state index is 11.0. The van der Waals surface area contributed by atoms with E-state index in [9.17, 15) is 4.79 Å². The fourth-order valence-electron chi connectivity index (χ4n) is 3.01. The van der Waals surface area contributed by atoms with Gasteiger partial charge in [0, 0.05) is 18.3 Å². The molecule has 3 rings (SSSR count). The molecule has 19 heavy (non-hydrogen) atoms. The van der Waals surface area contributed by atoms with Crippen molar-refractivity contribution in [3.8, 4) is 5.75 Å². The van der Waals surface area contributed by atoms with Gasteiger partial charge in [-0.25, -0.2) is 0 Å². The molecular weight excluding hydrogens is 244 g/mol. The summed E-state index contributed by atoms with van der Waals surface area (Å²) in [7, 11) is 0. The molecule has 1 aromatic rings. The molecule has 0 bridgehead atoms. The molecule has 0 aromatic heterocycles. The van der Waals surface area contributed by atoms with Gasteiger partial charge in [0.2, 0.25) is 0 Å². The van der Waals surface area contributed by atoms with Crippen molar-refractivity contribution in [2.45, 2.75) is 25.2 Å². The van der Waals surface area contributed by atoms with Crippen LogP contribution in [0.15, 0.2) is 18.2 Å². The summed E-state index contributed by atoms with van der Waals surface area (Å²) in [5, 5.41) is 9.01. The molecule has 1 unspecified atom stereocenters. The minimum atomic E-state index is -0.747. The fraction of sp³-hybridized carbons (Fsp3) is 0.533. The first-order chi connectivity index (χ1) is 9.12. The van der Waals surface area contributed by atoms with Crippen LogP contribution in [0, 0.1) is 5.92 Å². The van der Waals surface area contributed by atoms with Gasteiger partial charge in [-0.1, -0.05) is 19.1 Å². The van der Waals surface area contributed by atoms with E-state index in [0.717, 1.165) is 18.8 Å². The molecule has 2 aliphatic heterocycles. The first kappa shape index (κ1) is 12.5. The van der Waals surface area contributed by atoms with Gasteiger partial charge < -0.3 is 14.6 Å². The van der Waals surface area contributed by atoms with Crippen molar-refractivity contribution < 1.29 is 19.4 Å². The van der Waals surface area contributed by atoms with E-state index in [1.54, 1.807) is 0 Å². The van der Waals surface area contributed by atoms with Gasteiger partial charge in [-0.15, -0.1) is 0 Å². The number of benzene rings is 1. The topological polar surface area (TPSA) is 55.8 Å². The second-order valence-corrected chi connectivity index (χ2v) is 5.57. The lowest BCUT2D eigenvalue weighted by molar-refractivity contribution is -0.142. The summed E-state index contributed by atoms with van der Waals surface area (Å²) in [5.74, 6) is 0.285. The van der Waals surface area contributed by atoms with E-state index in [4.69, 9.17) is 14.6 Å². The summed E-state index contributed by atoms with van der Waals surface area (Å²) in [4.78, 5) is 11.0. The number of aliphatic carboxylic acids is 1. The van der Waals surface area contributed by atoms with Crippen LogP contribution in [0.3, 0.4) is 0 Å². The van der Waals surface area contributed by atoms with Crippen LogP contribution in [0.4, 0.5) is 0 Å². The van der Waals surface area contributed by atoms with Gasteiger partial charge in [-0.05, 0) is 23.1 Å². The maximum Gasteiger partial charge on any atom is 0.303 e. The lowest BCUT2D eigenvalue weighted by Gasteiger charge is -2.46. The molecule has 1 aromatic carbocycles.